The van der Waals surface area contributed by atoms with E-state index >= 15 is 0 Å². The number of benzene rings is 1. The Bertz CT molecular complexity index is 698. The molecular weight excluding hydrogens is 329 g/mol. The maximum absolute atomic E-state index is 12.3. The molecule has 1 N–H and O–H groups in total. The number of carbonyl (C=O) groups is 1. The van der Waals surface area contributed by atoms with Gasteiger partial charge in [0.1, 0.15) is 5.75 Å². The lowest BCUT2D eigenvalue weighted by Crippen LogP contribution is -2.25. The normalized spacial score (nSPS) is 11.3. The molecule has 0 radical (unpaired) electrons. The zero-order valence-corrected chi connectivity index (χ0v) is 13.3. The highest BCUT2D eigenvalue weighted by Gasteiger charge is 2.31. The van der Waals surface area contributed by atoms with Crippen LogP contribution < -0.4 is 10.1 Å². The molecule has 2 aromatic rings. The fourth-order valence-corrected chi connectivity index (χ4v) is 2.95. The summed E-state index contributed by atoms with van der Waals surface area (Å²) in [6.07, 6.45) is -4.61. The first kappa shape index (κ1) is 17.3. The molecule has 0 aliphatic rings. The van der Waals surface area contributed by atoms with Crippen molar-refractivity contribution >= 4 is 17.2 Å². The summed E-state index contributed by atoms with van der Waals surface area (Å²) in [6.45, 7) is 3.63. The third-order valence-electron chi connectivity index (χ3n) is 3.00. The van der Waals surface area contributed by atoms with Crippen LogP contribution in [0, 0.1) is 13.8 Å². The second-order valence-electron chi connectivity index (χ2n) is 4.85. The van der Waals surface area contributed by atoms with Crippen molar-refractivity contribution in [3.8, 4) is 5.75 Å². The topological polar surface area (TPSA) is 51.2 Å². The molecule has 0 fully saturated rings. The molecule has 1 amide bonds. The van der Waals surface area contributed by atoms with Crippen molar-refractivity contribution in [1.29, 1.82) is 0 Å². The predicted molar refractivity (Wildman–Crippen MR) is 80.3 cm³/mol. The molecule has 0 spiro atoms. The second kappa shape index (κ2) is 6.99. The molecule has 0 bridgehead atoms. The third-order valence-corrected chi connectivity index (χ3v) is 4.07. The van der Waals surface area contributed by atoms with E-state index in [1.54, 1.807) is 6.07 Å². The van der Waals surface area contributed by atoms with Gasteiger partial charge in [0, 0.05) is 17.0 Å². The molecule has 8 heteroatoms. The number of nitrogens with zero attached hydrogens (tertiary/aromatic N) is 1. The molecule has 0 saturated heterocycles. The SMILES string of the molecule is Cc1nc(C)c(CC(=O)NCc2ccccc2OC(F)(F)F)s1. The fourth-order valence-electron chi connectivity index (χ4n) is 2.01. The third kappa shape index (κ3) is 5.24. The zero-order valence-electron chi connectivity index (χ0n) is 12.5. The Morgan fingerprint density at radius 3 is 2.61 bits per heavy atom. The Morgan fingerprint density at radius 1 is 1.30 bits per heavy atom. The van der Waals surface area contributed by atoms with Gasteiger partial charge >= 0.3 is 6.36 Å². The van der Waals surface area contributed by atoms with Crippen molar-refractivity contribution in [2.24, 2.45) is 0 Å². The number of nitrogens with one attached hydrogen (secondary N) is 1. The van der Waals surface area contributed by atoms with Gasteiger partial charge in [-0.25, -0.2) is 4.98 Å². The monoisotopic (exact) mass is 344 g/mol. The molecule has 0 unspecified atom stereocenters. The van der Waals surface area contributed by atoms with Crippen LogP contribution in [0.1, 0.15) is 21.1 Å². The summed E-state index contributed by atoms with van der Waals surface area (Å²) in [4.78, 5) is 17.0. The van der Waals surface area contributed by atoms with E-state index < -0.39 is 6.36 Å². The minimum absolute atomic E-state index is 0.0398. The lowest BCUT2D eigenvalue weighted by Gasteiger charge is -2.13. The molecule has 0 aliphatic carbocycles. The van der Waals surface area contributed by atoms with Gasteiger partial charge in [-0.2, -0.15) is 0 Å². The average molecular weight is 344 g/mol. The van der Waals surface area contributed by atoms with Gasteiger partial charge in [0.25, 0.3) is 0 Å². The quantitative estimate of drug-likeness (QED) is 0.903. The van der Waals surface area contributed by atoms with Crippen molar-refractivity contribution < 1.29 is 22.7 Å². The summed E-state index contributed by atoms with van der Waals surface area (Å²) >= 11 is 1.43. The summed E-state index contributed by atoms with van der Waals surface area (Å²) in [5.74, 6) is -0.594. The minimum Gasteiger partial charge on any atom is -0.405 e. The van der Waals surface area contributed by atoms with E-state index in [-0.39, 0.29) is 30.2 Å². The first-order valence-electron chi connectivity index (χ1n) is 6.78. The number of aromatic nitrogens is 1. The molecule has 0 atom stereocenters. The van der Waals surface area contributed by atoms with Gasteiger partial charge < -0.3 is 10.1 Å². The van der Waals surface area contributed by atoms with E-state index in [2.05, 4.69) is 15.0 Å². The summed E-state index contributed by atoms with van der Waals surface area (Å²) in [5, 5.41) is 3.47. The fraction of sp³-hybridized carbons (Fsp3) is 0.333. The Morgan fingerprint density at radius 2 is 2.00 bits per heavy atom. The number of halogens is 3. The number of carbonyl (C=O) groups excluding carboxylic acids is 1. The molecule has 1 aromatic heterocycles. The molecule has 4 nitrogen and oxygen atoms in total. The maximum atomic E-state index is 12.3. The predicted octanol–water partition coefficient (Wildman–Crippen LogP) is 3.52. The Hall–Kier alpha value is -2.09. The van der Waals surface area contributed by atoms with Gasteiger partial charge in [-0.15, -0.1) is 24.5 Å². The van der Waals surface area contributed by atoms with Gasteiger partial charge in [0.05, 0.1) is 17.1 Å². The van der Waals surface area contributed by atoms with Crippen LogP contribution in [0.3, 0.4) is 0 Å². The van der Waals surface area contributed by atoms with Crippen LogP contribution in [0.2, 0.25) is 0 Å². The number of hydrogen-bond donors (Lipinski definition) is 1. The van der Waals surface area contributed by atoms with Crippen molar-refractivity contribution in [1.82, 2.24) is 10.3 Å². The number of ether oxygens (including phenoxy) is 1. The van der Waals surface area contributed by atoms with Crippen molar-refractivity contribution in [2.75, 3.05) is 0 Å². The molecule has 23 heavy (non-hydrogen) atoms. The van der Waals surface area contributed by atoms with Gasteiger partial charge in [-0.05, 0) is 19.9 Å². The van der Waals surface area contributed by atoms with Crippen LogP contribution in [0.5, 0.6) is 5.75 Å². The van der Waals surface area contributed by atoms with Gasteiger partial charge in [-0.1, -0.05) is 18.2 Å². The van der Waals surface area contributed by atoms with Crippen LogP contribution in [0.15, 0.2) is 24.3 Å². The van der Waals surface area contributed by atoms with Gasteiger partial charge in [-0.3, -0.25) is 4.79 Å². The van der Waals surface area contributed by atoms with Gasteiger partial charge in [0.2, 0.25) is 5.91 Å². The van der Waals surface area contributed by atoms with Crippen molar-refractivity contribution in [3.63, 3.8) is 0 Å². The van der Waals surface area contributed by atoms with E-state index in [0.29, 0.717) is 0 Å². The van der Waals surface area contributed by atoms with E-state index in [1.165, 1.54) is 29.5 Å². The molecule has 0 saturated carbocycles. The lowest BCUT2D eigenvalue weighted by atomic mass is 10.2. The largest absolute Gasteiger partial charge is 0.573 e. The summed E-state index contributed by atoms with van der Waals surface area (Å²) in [6, 6.07) is 5.71. The second-order valence-corrected chi connectivity index (χ2v) is 6.14. The standard InChI is InChI=1S/C15H15F3N2O2S/c1-9-13(23-10(2)20-9)7-14(21)19-8-11-5-3-4-6-12(11)22-15(16,17)18/h3-6H,7-8H2,1-2H3,(H,19,21). The lowest BCUT2D eigenvalue weighted by molar-refractivity contribution is -0.274. The highest BCUT2D eigenvalue weighted by Crippen LogP contribution is 2.26. The Kier molecular flexibility index (Phi) is 5.25. The van der Waals surface area contributed by atoms with Crippen LogP contribution in [-0.2, 0) is 17.8 Å². The Balaban J connectivity index is 1.98. The number of hydrogen-bond acceptors (Lipinski definition) is 4. The van der Waals surface area contributed by atoms with E-state index in [9.17, 15) is 18.0 Å². The van der Waals surface area contributed by atoms with Crippen molar-refractivity contribution in [2.45, 2.75) is 33.2 Å². The number of aryl methyl sites for hydroxylation is 2. The smallest absolute Gasteiger partial charge is 0.405 e. The molecule has 1 aromatic carbocycles. The highest BCUT2D eigenvalue weighted by atomic mass is 32.1. The molecule has 2 rings (SSSR count). The first-order chi connectivity index (χ1) is 10.7. The number of alkyl halides is 3. The van der Waals surface area contributed by atoms with Gasteiger partial charge in [0.15, 0.2) is 0 Å². The van der Waals surface area contributed by atoms with Crippen LogP contribution in [0.25, 0.3) is 0 Å². The number of rotatable bonds is 5. The average Bonchev–Trinajstić information content (AvgIpc) is 2.74. The maximum Gasteiger partial charge on any atom is 0.573 e. The van der Waals surface area contributed by atoms with Crippen molar-refractivity contribution in [3.05, 3.63) is 45.4 Å². The number of thiazole rings is 1. The molecule has 124 valence electrons. The van der Waals surface area contributed by atoms with E-state index in [1.807, 2.05) is 13.8 Å². The number of para-hydroxylation sites is 1. The first-order valence-corrected chi connectivity index (χ1v) is 7.59. The van der Waals surface area contributed by atoms with E-state index in [4.69, 9.17) is 0 Å². The zero-order chi connectivity index (χ0) is 17.0. The van der Waals surface area contributed by atoms with E-state index in [0.717, 1.165) is 15.6 Å². The summed E-state index contributed by atoms with van der Waals surface area (Å²) in [5.41, 5.74) is 1.05. The molecule has 0 aliphatic heterocycles. The van der Waals surface area contributed by atoms with Crippen LogP contribution in [0.4, 0.5) is 13.2 Å². The van der Waals surface area contributed by atoms with Crippen LogP contribution >= 0.6 is 11.3 Å². The summed E-state index contributed by atoms with van der Waals surface area (Å²) in [7, 11) is 0. The molecular formula is C15H15F3N2O2S. The highest BCUT2D eigenvalue weighted by molar-refractivity contribution is 7.11. The summed E-state index contributed by atoms with van der Waals surface area (Å²) < 4.78 is 41.0. The molecule has 1 heterocycles. The Labute approximate surface area is 135 Å². The number of amides is 1. The minimum atomic E-state index is -4.77. The van der Waals surface area contributed by atoms with Crippen LogP contribution in [-0.4, -0.2) is 17.3 Å².